The Hall–Kier alpha value is -0.530. The predicted molar refractivity (Wildman–Crippen MR) is 20.5 cm³/mol. The van der Waals surface area contributed by atoms with Crippen molar-refractivity contribution in [3.8, 4) is 0 Å². The molecule has 0 N–H and O–H groups in total. The summed E-state index contributed by atoms with van der Waals surface area (Å²) in [7, 11) is 0. The van der Waals surface area contributed by atoms with Crippen molar-refractivity contribution in [2.45, 2.75) is 6.92 Å². The normalized spacial score (nSPS) is 9.67. The van der Waals surface area contributed by atoms with Gasteiger partial charge in [-0.05, 0) is 13.0 Å². The molecular formula is C4H6FO. The first-order valence-electron chi connectivity index (χ1n) is 1.63. The average molecular weight is 89.1 g/mol. The SMILES string of the molecule is C/C=[C]/OCF. The van der Waals surface area contributed by atoms with Gasteiger partial charge < -0.3 is 4.74 Å². The number of hydrogen-bond donors (Lipinski definition) is 0. The van der Waals surface area contributed by atoms with Crippen LogP contribution in [0.25, 0.3) is 0 Å². The summed E-state index contributed by atoms with van der Waals surface area (Å²) in [6.45, 7) is 0.917. The van der Waals surface area contributed by atoms with Gasteiger partial charge in [-0.3, -0.25) is 0 Å². The van der Waals surface area contributed by atoms with Crippen LogP contribution in [-0.2, 0) is 4.74 Å². The highest BCUT2D eigenvalue weighted by molar-refractivity contribution is 4.54. The topological polar surface area (TPSA) is 9.23 Å². The summed E-state index contributed by atoms with van der Waals surface area (Å²) < 4.78 is 14.9. The van der Waals surface area contributed by atoms with Crippen molar-refractivity contribution < 1.29 is 9.13 Å². The Morgan fingerprint density at radius 1 is 2.00 bits per heavy atom. The van der Waals surface area contributed by atoms with Crippen molar-refractivity contribution in [2.24, 2.45) is 0 Å². The highest BCUT2D eigenvalue weighted by atomic mass is 19.1. The van der Waals surface area contributed by atoms with Crippen LogP contribution in [0, 0.1) is 6.26 Å². The summed E-state index contributed by atoms with van der Waals surface area (Å²) in [6, 6.07) is 0. The first-order chi connectivity index (χ1) is 2.91. The van der Waals surface area contributed by atoms with E-state index in [4.69, 9.17) is 0 Å². The van der Waals surface area contributed by atoms with Crippen molar-refractivity contribution in [3.05, 3.63) is 12.3 Å². The first kappa shape index (κ1) is 5.47. The Kier molecular flexibility index (Phi) is 4.08. The van der Waals surface area contributed by atoms with E-state index in [-0.39, 0.29) is 0 Å². The fourth-order valence-electron chi connectivity index (χ4n) is 0.115. The zero-order chi connectivity index (χ0) is 4.83. The summed E-state index contributed by atoms with van der Waals surface area (Å²) in [5.41, 5.74) is 0. The van der Waals surface area contributed by atoms with Gasteiger partial charge in [0.2, 0.25) is 6.86 Å². The summed E-state index contributed by atoms with van der Waals surface area (Å²) in [6.07, 6.45) is 3.70. The van der Waals surface area contributed by atoms with Crippen molar-refractivity contribution in [3.63, 3.8) is 0 Å². The van der Waals surface area contributed by atoms with Crippen LogP contribution < -0.4 is 0 Å². The molecule has 2 heteroatoms. The van der Waals surface area contributed by atoms with Crippen LogP contribution >= 0.6 is 0 Å². The lowest BCUT2D eigenvalue weighted by Crippen LogP contribution is -1.72. The minimum atomic E-state index is -0.787. The van der Waals surface area contributed by atoms with Crippen LogP contribution in [-0.4, -0.2) is 6.86 Å². The number of rotatable bonds is 2. The molecule has 0 unspecified atom stereocenters. The van der Waals surface area contributed by atoms with Crippen LogP contribution in [0.3, 0.4) is 0 Å². The van der Waals surface area contributed by atoms with Crippen LogP contribution in [0.1, 0.15) is 6.92 Å². The van der Waals surface area contributed by atoms with Gasteiger partial charge in [0.25, 0.3) is 0 Å². The van der Waals surface area contributed by atoms with Crippen molar-refractivity contribution in [1.82, 2.24) is 0 Å². The largest absolute Gasteiger partial charge is 0.459 e. The molecule has 0 atom stereocenters. The molecule has 0 spiro atoms. The van der Waals surface area contributed by atoms with Gasteiger partial charge in [0.05, 0.1) is 0 Å². The van der Waals surface area contributed by atoms with Gasteiger partial charge in [-0.15, -0.1) is 0 Å². The third-order valence-corrected chi connectivity index (χ3v) is 0.256. The van der Waals surface area contributed by atoms with Gasteiger partial charge in [-0.2, -0.15) is 0 Å². The highest BCUT2D eigenvalue weighted by Gasteiger charge is 1.65. The molecule has 0 aromatic rings. The molecule has 0 fully saturated rings. The monoisotopic (exact) mass is 89.0 g/mol. The maximum Gasteiger partial charge on any atom is 0.228 e. The average Bonchev–Trinajstić information content (AvgIpc) is 1.61. The lowest BCUT2D eigenvalue weighted by atomic mass is 10.7. The Morgan fingerprint density at radius 2 is 2.67 bits per heavy atom. The summed E-state index contributed by atoms with van der Waals surface area (Å²) in [5, 5.41) is 0. The van der Waals surface area contributed by atoms with E-state index in [0.717, 1.165) is 0 Å². The summed E-state index contributed by atoms with van der Waals surface area (Å²) >= 11 is 0. The molecule has 0 aromatic heterocycles. The number of ether oxygens (including phenoxy) is 1. The maximum absolute atomic E-state index is 10.9. The first-order valence-corrected chi connectivity index (χ1v) is 1.63. The Morgan fingerprint density at radius 3 is 2.83 bits per heavy atom. The fourth-order valence-corrected chi connectivity index (χ4v) is 0.115. The van der Waals surface area contributed by atoms with Gasteiger partial charge in [-0.25, -0.2) is 4.39 Å². The van der Waals surface area contributed by atoms with E-state index in [0.29, 0.717) is 0 Å². The van der Waals surface area contributed by atoms with E-state index >= 15 is 0 Å². The third kappa shape index (κ3) is 3.47. The summed E-state index contributed by atoms with van der Waals surface area (Å²) in [4.78, 5) is 0. The Bertz CT molecular complexity index is 42.8. The third-order valence-electron chi connectivity index (χ3n) is 0.256. The zero-order valence-electron chi connectivity index (χ0n) is 3.57. The lowest BCUT2D eigenvalue weighted by Gasteiger charge is -1.81. The van der Waals surface area contributed by atoms with Gasteiger partial charge in [0.1, 0.15) is 0 Å². The quantitative estimate of drug-likeness (QED) is 0.463. The van der Waals surface area contributed by atoms with Crippen LogP contribution in [0.5, 0.6) is 0 Å². The maximum atomic E-state index is 10.9. The molecule has 0 aliphatic carbocycles. The van der Waals surface area contributed by atoms with E-state index in [9.17, 15) is 4.39 Å². The molecule has 1 nitrogen and oxygen atoms in total. The molecule has 0 bridgehead atoms. The van der Waals surface area contributed by atoms with E-state index in [2.05, 4.69) is 11.0 Å². The molecule has 0 saturated heterocycles. The Balaban J connectivity index is 2.66. The van der Waals surface area contributed by atoms with E-state index in [1.54, 1.807) is 6.92 Å². The van der Waals surface area contributed by atoms with Crippen LogP contribution in [0.4, 0.5) is 4.39 Å². The second-order valence-electron chi connectivity index (χ2n) is 0.660. The van der Waals surface area contributed by atoms with Crippen LogP contribution in [0.2, 0.25) is 0 Å². The molecule has 0 rings (SSSR count). The smallest absolute Gasteiger partial charge is 0.228 e. The van der Waals surface area contributed by atoms with Crippen molar-refractivity contribution in [1.29, 1.82) is 0 Å². The van der Waals surface area contributed by atoms with Crippen molar-refractivity contribution >= 4 is 0 Å². The standard InChI is InChI=1S/C4H6FO/c1-2-3-6-4-5/h2H,4H2,1H3. The van der Waals surface area contributed by atoms with Gasteiger partial charge in [-0.1, -0.05) is 0 Å². The molecule has 0 amide bonds. The highest BCUT2D eigenvalue weighted by Crippen LogP contribution is 1.72. The van der Waals surface area contributed by atoms with Crippen LogP contribution in [0.15, 0.2) is 6.08 Å². The van der Waals surface area contributed by atoms with E-state index < -0.39 is 6.86 Å². The minimum Gasteiger partial charge on any atom is -0.459 e. The Labute approximate surface area is 36.4 Å². The number of hydrogen-bond acceptors (Lipinski definition) is 1. The molecule has 0 saturated carbocycles. The second kappa shape index (κ2) is 4.47. The lowest BCUT2D eigenvalue weighted by molar-refractivity contribution is 0.126. The zero-order valence-corrected chi connectivity index (χ0v) is 3.57. The van der Waals surface area contributed by atoms with Gasteiger partial charge in [0, 0.05) is 0 Å². The van der Waals surface area contributed by atoms with E-state index in [1.807, 2.05) is 0 Å². The summed E-state index contributed by atoms with van der Waals surface area (Å²) in [5.74, 6) is 0. The van der Waals surface area contributed by atoms with Crippen molar-refractivity contribution in [2.75, 3.05) is 6.86 Å². The molecule has 0 aliphatic rings. The molecular weight excluding hydrogens is 83.0 g/mol. The number of alkyl halides is 1. The number of allylic oxidation sites excluding steroid dienone is 1. The fraction of sp³-hybridized carbons (Fsp3) is 0.500. The minimum absolute atomic E-state index is 0.787. The number of halogens is 1. The molecule has 0 heterocycles. The molecule has 0 aliphatic heterocycles. The molecule has 35 valence electrons. The molecule has 6 heavy (non-hydrogen) atoms. The predicted octanol–water partition coefficient (Wildman–Crippen LogP) is 1.27. The van der Waals surface area contributed by atoms with Gasteiger partial charge in [0.15, 0.2) is 6.26 Å². The molecule has 1 radical (unpaired) electrons. The molecule has 0 aromatic carbocycles. The van der Waals surface area contributed by atoms with E-state index in [1.165, 1.54) is 6.08 Å². The van der Waals surface area contributed by atoms with Gasteiger partial charge >= 0.3 is 0 Å². The second-order valence-corrected chi connectivity index (χ2v) is 0.660.